The van der Waals surface area contributed by atoms with Crippen LogP contribution in [0.3, 0.4) is 0 Å². The second-order valence-electron chi connectivity index (χ2n) is 6.99. The molecule has 2 heterocycles. The minimum absolute atomic E-state index is 0.202. The van der Waals surface area contributed by atoms with Crippen molar-refractivity contribution in [3.63, 3.8) is 0 Å². The molecule has 1 aliphatic heterocycles. The largest absolute Gasteiger partial charge is 0.489 e. The number of furan rings is 1. The second-order valence-corrected chi connectivity index (χ2v) is 6.99. The van der Waals surface area contributed by atoms with Crippen molar-refractivity contribution < 1.29 is 22.7 Å². The van der Waals surface area contributed by atoms with Crippen molar-refractivity contribution >= 4 is 16.9 Å². The molecule has 1 amide bonds. The van der Waals surface area contributed by atoms with Gasteiger partial charge in [0.2, 0.25) is 0 Å². The highest BCUT2D eigenvalue weighted by molar-refractivity contribution is 5.99. The molecule has 5 nitrogen and oxygen atoms in total. The van der Waals surface area contributed by atoms with Gasteiger partial charge >= 0.3 is 0 Å². The molecule has 0 radical (unpaired) electrons. The highest BCUT2D eigenvalue weighted by Crippen LogP contribution is 2.28. The van der Waals surface area contributed by atoms with E-state index in [1.54, 1.807) is 9.80 Å². The molecule has 7 heteroatoms. The molecule has 1 aliphatic rings. The summed E-state index contributed by atoms with van der Waals surface area (Å²) in [6, 6.07) is 16.8. The van der Waals surface area contributed by atoms with Crippen LogP contribution in [0, 0.1) is 0 Å². The average molecular weight is 400 g/mol. The van der Waals surface area contributed by atoms with Crippen molar-refractivity contribution in [3.05, 3.63) is 65.9 Å². The van der Waals surface area contributed by atoms with Crippen LogP contribution in [0.2, 0.25) is 0 Å². The molecular formula is C22H22F2N2O3. The Kier molecular flexibility index (Phi) is 5.76. The molecule has 1 fully saturated rings. The monoisotopic (exact) mass is 400 g/mol. The number of carbonyl (C=O) groups excluding carboxylic acids is 1. The van der Waals surface area contributed by atoms with E-state index >= 15 is 0 Å². The van der Waals surface area contributed by atoms with Gasteiger partial charge in [0, 0.05) is 37.1 Å². The van der Waals surface area contributed by atoms with Gasteiger partial charge in [0.25, 0.3) is 12.3 Å². The number of rotatable bonds is 6. The fraction of sp³-hybridized carbons (Fsp3) is 0.318. The zero-order chi connectivity index (χ0) is 20.2. The number of benzene rings is 2. The Morgan fingerprint density at radius 1 is 1.00 bits per heavy atom. The smallest absolute Gasteiger partial charge is 0.290 e. The third-order valence-corrected chi connectivity index (χ3v) is 5.07. The number of fused-ring (bicyclic) bond motifs is 1. The fourth-order valence-corrected chi connectivity index (χ4v) is 3.56. The Morgan fingerprint density at radius 3 is 2.41 bits per heavy atom. The zero-order valence-electron chi connectivity index (χ0n) is 15.9. The van der Waals surface area contributed by atoms with Gasteiger partial charge < -0.3 is 14.1 Å². The molecule has 29 heavy (non-hydrogen) atoms. The van der Waals surface area contributed by atoms with E-state index in [1.807, 2.05) is 54.6 Å². The maximum atomic E-state index is 13.1. The van der Waals surface area contributed by atoms with Crippen LogP contribution in [0.1, 0.15) is 16.1 Å². The molecular weight excluding hydrogens is 378 g/mol. The van der Waals surface area contributed by atoms with Crippen LogP contribution in [-0.4, -0.2) is 54.9 Å². The quantitative estimate of drug-likeness (QED) is 0.627. The fourth-order valence-electron chi connectivity index (χ4n) is 3.56. The van der Waals surface area contributed by atoms with Gasteiger partial charge in [-0.2, -0.15) is 0 Å². The lowest BCUT2D eigenvalue weighted by atomic mass is 10.1. The Labute approximate surface area is 167 Å². The molecule has 1 aromatic heterocycles. The third kappa shape index (κ3) is 4.40. The first-order valence-corrected chi connectivity index (χ1v) is 9.60. The summed E-state index contributed by atoms with van der Waals surface area (Å²) in [5.41, 5.74) is 1.32. The molecule has 1 saturated heterocycles. The summed E-state index contributed by atoms with van der Waals surface area (Å²) < 4.78 is 36.9. The summed E-state index contributed by atoms with van der Waals surface area (Å²) in [5, 5.41) is 0.836. The van der Waals surface area contributed by atoms with Crippen molar-refractivity contribution in [2.24, 2.45) is 0 Å². The van der Waals surface area contributed by atoms with E-state index in [-0.39, 0.29) is 24.8 Å². The molecule has 152 valence electrons. The summed E-state index contributed by atoms with van der Waals surface area (Å²) in [4.78, 5) is 16.5. The predicted molar refractivity (Wildman–Crippen MR) is 105 cm³/mol. The van der Waals surface area contributed by atoms with Gasteiger partial charge in [-0.25, -0.2) is 8.78 Å². The van der Waals surface area contributed by atoms with Crippen LogP contribution in [0.25, 0.3) is 11.0 Å². The number of amides is 1. The van der Waals surface area contributed by atoms with Gasteiger partial charge in [0.1, 0.15) is 17.9 Å². The number of halogens is 2. The summed E-state index contributed by atoms with van der Waals surface area (Å²) >= 11 is 0. The van der Waals surface area contributed by atoms with E-state index in [2.05, 4.69) is 0 Å². The zero-order valence-corrected chi connectivity index (χ0v) is 15.9. The Hall–Kier alpha value is -2.93. The highest BCUT2D eigenvalue weighted by Gasteiger charge is 2.28. The third-order valence-electron chi connectivity index (χ3n) is 5.07. The van der Waals surface area contributed by atoms with Crippen LogP contribution < -0.4 is 4.74 Å². The van der Waals surface area contributed by atoms with Crippen LogP contribution >= 0.6 is 0 Å². The first-order valence-electron chi connectivity index (χ1n) is 9.60. The Morgan fingerprint density at radius 2 is 1.69 bits per heavy atom. The number of para-hydroxylation sites is 2. The number of ether oxygens (including phenoxy) is 1. The van der Waals surface area contributed by atoms with Crippen LogP contribution in [0.4, 0.5) is 8.78 Å². The minimum atomic E-state index is -2.37. The van der Waals surface area contributed by atoms with Crippen LogP contribution in [0.5, 0.6) is 5.75 Å². The van der Waals surface area contributed by atoms with Crippen molar-refractivity contribution in [1.82, 2.24) is 9.80 Å². The Balaban J connectivity index is 1.54. The molecule has 0 saturated carbocycles. The summed E-state index contributed by atoms with van der Waals surface area (Å²) in [5.74, 6) is 0.728. The molecule has 3 aromatic rings. The molecule has 0 N–H and O–H groups in total. The van der Waals surface area contributed by atoms with Gasteiger partial charge in [-0.05, 0) is 18.2 Å². The van der Waals surface area contributed by atoms with Gasteiger partial charge in [-0.3, -0.25) is 9.69 Å². The van der Waals surface area contributed by atoms with Crippen molar-refractivity contribution in [2.45, 2.75) is 13.0 Å². The maximum absolute atomic E-state index is 13.1. The van der Waals surface area contributed by atoms with Crippen molar-refractivity contribution in [3.8, 4) is 5.75 Å². The molecule has 2 aromatic carbocycles. The SMILES string of the molecule is O=C(c1oc2ccccc2c1COc1ccccc1)N1CCN(CC(F)F)CC1. The van der Waals surface area contributed by atoms with E-state index in [0.717, 1.165) is 5.39 Å². The number of nitrogens with zero attached hydrogens (tertiary/aromatic N) is 2. The number of piperazine rings is 1. The van der Waals surface area contributed by atoms with E-state index in [4.69, 9.17) is 9.15 Å². The molecule has 0 aliphatic carbocycles. The van der Waals surface area contributed by atoms with Gasteiger partial charge in [0.05, 0.1) is 6.54 Å². The molecule has 0 spiro atoms. The lowest BCUT2D eigenvalue weighted by molar-refractivity contribution is 0.0439. The first-order chi connectivity index (χ1) is 14.1. The number of hydrogen-bond acceptors (Lipinski definition) is 4. The lowest BCUT2D eigenvalue weighted by Crippen LogP contribution is -2.49. The van der Waals surface area contributed by atoms with E-state index < -0.39 is 6.43 Å². The topological polar surface area (TPSA) is 45.9 Å². The van der Waals surface area contributed by atoms with Crippen LogP contribution in [-0.2, 0) is 6.61 Å². The van der Waals surface area contributed by atoms with Crippen molar-refractivity contribution in [1.29, 1.82) is 0 Å². The highest BCUT2D eigenvalue weighted by atomic mass is 19.3. The first kappa shape index (κ1) is 19.4. The van der Waals surface area contributed by atoms with E-state index in [1.165, 1.54) is 0 Å². The van der Waals surface area contributed by atoms with E-state index in [9.17, 15) is 13.6 Å². The van der Waals surface area contributed by atoms with Crippen LogP contribution in [0.15, 0.2) is 59.0 Å². The minimum Gasteiger partial charge on any atom is -0.489 e. The van der Waals surface area contributed by atoms with Gasteiger partial charge in [-0.1, -0.05) is 36.4 Å². The van der Waals surface area contributed by atoms with E-state index in [0.29, 0.717) is 43.1 Å². The van der Waals surface area contributed by atoms with Gasteiger partial charge in [-0.15, -0.1) is 0 Å². The normalized spacial score (nSPS) is 15.2. The number of alkyl halides is 2. The standard InChI is InChI=1S/C22H22F2N2O3/c23-20(24)14-25-10-12-26(13-11-25)22(27)21-18(15-28-16-6-2-1-3-7-16)17-8-4-5-9-19(17)29-21/h1-9,20H,10-15H2. The van der Waals surface area contributed by atoms with Gasteiger partial charge in [0.15, 0.2) is 5.76 Å². The summed E-state index contributed by atoms with van der Waals surface area (Å²) in [6.45, 7) is 1.57. The molecule has 0 bridgehead atoms. The average Bonchev–Trinajstić information content (AvgIpc) is 3.11. The summed E-state index contributed by atoms with van der Waals surface area (Å²) in [6.07, 6.45) is -2.37. The predicted octanol–water partition coefficient (Wildman–Crippen LogP) is 4.03. The summed E-state index contributed by atoms with van der Waals surface area (Å²) in [7, 11) is 0. The molecule has 4 rings (SSSR count). The Bertz CT molecular complexity index is 967. The number of hydrogen-bond donors (Lipinski definition) is 0. The molecule has 0 atom stereocenters. The maximum Gasteiger partial charge on any atom is 0.290 e. The lowest BCUT2D eigenvalue weighted by Gasteiger charge is -2.34. The number of carbonyl (C=O) groups is 1. The van der Waals surface area contributed by atoms with Crippen molar-refractivity contribution in [2.75, 3.05) is 32.7 Å². The molecule has 0 unspecified atom stereocenters. The second kappa shape index (κ2) is 8.61.